The lowest BCUT2D eigenvalue weighted by atomic mass is 10.1. The lowest BCUT2D eigenvalue weighted by Gasteiger charge is -2.04. The Morgan fingerprint density at radius 1 is 1.07 bits per heavy atom. The first kappa shape index (κ1) is 17.2. The summed E-state index contributed by atoms with van der Waals surface area (Å²) < 4.78 is 24.5. The van der Waals surface area contributed by atoms with Crippen molar-refractivity contribution in [1.29, 1.82) is 0 Å². The molecule has 0 amide bonds. The maximum absolute atomic E-state index is 13.9. The molecule has 1 aromatic heterocycles. The van der Waals surface area contributed by atoms with E-state index in [1.807, 2.05) is 0 Å². The molecular weight excluding hydrogens is 369 g/mol. The van der Waals surface area contributed by atoms with Crippen molar-refractivity contribution in [2.24, 2.45) is 0 Å². The van der Waals surface area contributed by atoms with Crippen LogP contribution < -0.4 is 4.74 Å². The maximum atomic E-state index is 13.9. The van der Waals surface area contributed by atoms with E-state index in [0.29, 0.717) is 39.6 Å². The van der Waals surface area contributed by atoms with Crippen LogP contribution in [0.25, 0.3) is 11.0 Å². The summed E-state index contributed by atoms with van der Waals surface area (Å²) in [6.07, 6.45) is 0.307. The van der Waals surface area contributed by atoms with Gasteiger partial charge in [-0.15, -0.1) is 0 Å². The summed E-state index contributed by atoms with van der Waals surface area (Å²) in [6.45, 7) is 0. The number of fused-ring (bicyclic) bond motifs is 1. The molecule has 134 valence electrons. The predicted molar refractivity (Wildman–Crippen MR) is 99.6 cm³/mol. The van der Waals surface area contributed by atoms with Gasteiger partial charge in [0, 0.05) is 22.9 Å². The molecule has 0 saturated heterocycles. The van der Waals surface area contributed by atoms with Gasteiger partial charge >= 0.3 is 5.97 Å². The summed E-state index contributed by atoms with van der Waals surface area (Å²) in [5.74, 6) is -0.496. The van der Waals surface area contributed by atoms with Gasteiger partial charge in [0.15, 0.2) is 5.58 Å². The third kappa shape index (κ3) is 3.68. The van der Waals surface area contributed by atoms with Gasteiger partial charge in [0.25, 0.3) is 0 Å². The van der Waals surface area contributed by atoms with Gasteiger partial charge in [0.2, 0.25) is 0 Å². The van der Waals surface area contributed by atoms with Crippen LogP contribution in [0.2, 0.25) is 5.02 Å². The standard InChI is InChI=1S/C21H13ClFNO3/c22-15-6-3-5-14(10-15)21(25)26-16-8-9-17-19(24-27-20(17)12-16)11-13-4-1-2-7-18(13)23/h1-10,12H,11H2. The van der Waals surface area contributed by atoms with E-state index < -0.39 is 5.97 Å². The monoisotopic (exact) mass is 381 g/mol. The number of esters is 1. The first-order valence-electron chi connectivity index (χ1n) is 8.19. The molecule has 0 bridgehead atoms. The molecule has 4 rings (SSSR count). The first-order valence-corrected chi connectivity index (χ1v) is 8.57. The number of rotatable bonds is 4. The van der Waals surface area contributed by atoms with Crippen molar-refractivity contribution < 1.29 is 18.4 Å². The molecule has 1 heterocycles. The number of carbonyl (C=O) groups excluding carboxylic acids is 1. The molecule has 3 aromatic carbocycles. The Kier molecular flexibility index (Phi) is 4.60. The number of halogens is 2. The molecule has 0 unspecified atom stereocenters. The minimum Gasteiger partial charge on any atom is -0.423 e. The normalized spacial score (nSPS) is 10.9. The Balaban J connectivity index is 1.57. The summed E-state index contributed by atoms with van der Waals surface area (Å²) in [7, 11) is 0. The Labute approximate surface area is 159 Å². The zero-order valence-electron chi connectivity index (χ0n) is 14.0. The lowest BCUT2D eigenvalue weighted by molar-refractivity contribution is 0.0735. The third-order valence-corrected chi connectivity index (χ3v) is 4.34. The SMILES string of the molecule is O=C(Oc1ccc2c(Cc3ccccc3F)noc2c1)c1cccc(Cl)c1. The number of benzene rings is 3. The highest BCUT2D eigenvalue weighted by Gasteiger charge is 2.14. The Morgan fingerprint density at radius 2 is 1.93 bits per heavy atom. The highest BCUT2D eigenvalue weighted by atomic mass is 35.5. The van der Waals surface area contributed by atoms with Crippen molar-refractivity contribution >= 4 is 28.5 Å². The van der Waals surface area contributed by atoms with Gasteiger partial charge in [0.1, 0.15) is 11.6 Å². The largest absolute Gasteiger partial charge is 0.423 e. The summed E-state index contributed by atoms with van der Waals surface area (Å²) in [5.41, 5.74) is 1.95. The van der Waals surface area contributed by atoms with Crippen molar-refractivity contribution in [2.75, 3.05) is 0 Å². The van der Waals surface area contributed by atoms with E-state index in [4.69, 9.17) is 20.9 Å². The lowest BCUT2D eigenvalue weighted by Crippen LogP contribution is -2.08. The zero-order chi connectivity index (χ0) is 18.8. The highest BCUT2D eigenvalue weighted by Crippen LogP contribution is 2.26. The molecule has 27 heavy (non-hydrogen) atoms. The van der Waals surface area contributed by atoms with Crippen molar-refractivity contribution in [3.63, 3.8) is 0 Å². The van der Waals surface area contributed by atoms with Crippen LogP contribution in [0.15, 0.2) is 71.3 Å². The van der Waals surface area contributed by atoms with Gasteiger partial charge in [-0.1, -0.05) is 41.0 Å². The molecule has 0 aliphatic rings. The van der Waals surface area contributed by atoms with E-state index >= 15 is 0 Å². The number of nitrogens with zero attached hydrogens (tertiary/aromatic N) is 1. The van der Waals surface area contributed by atoms with Crippen LogP contribution in [0.1, 0.15) is 21.6 Å². The minimum absolute atomic E-state index is 0.291. The van der Waals surface area contributed by atoms with E-state index in [1.54, 1.807) is 54.6 Å². The molecule has 4 nitrogen and oxygen atoms in total. The average Bonchev–Trinajstić information content (AvgIpc) is 3.06. The third-order valence-electron chi connectivity index (χ3n) is 4.10. The van der Waals surface area contributed by atoms with Crippen molar-refractivity contribution in [3.05, 3.63) is 94.4 Å². The molecule has 4 aromatic rings. The van der Waals surface area contributed by atoms with Crippen molar-refractivity contribution in [3.8, 4) is 5.75 Å². The molecule has 0 fully saturated rings. The predicted octanol–water partition coefficient (Wildman–Crippen LogP) is 5.43. The van der Waals surface area contributed by atoms with Gasteiger partial charge in [-0.3, -0.25) is 0 Å². The summed E-state index contributed by atoms with van der Waals surface area (Å²) >= 11 is 5.89. The van der Waals surface area contributed by atoms with Gasteiger partial charge in [-0.2, -0.15) is 0 Å². The fraction of sp³-hybridized carbons (Fsp3) is 0.0476. The highest BCUT2D eigenvalue weighted by molar-refractivity contribution is 6.30. The fourth-order valence-corrected chi connectivity index (χ4v) is 2.95. The van der Waals surface area contributed by atoms with E-state index in [1.165, 1.54) is 12.1 Å². The number of carbonyl (C=O) groups is 1. The van der Waals surface area contributed by atoms with Gasteiger partial charge < -0.3 is 9.26 Å². The second kappa shape index (κ2) is 7.21. The molecule has 6 heteroatoms. The molecule has 0 atom stereocenters. The molecule has 0 N–H and O–H groups in total. The van der Waals surface area contributed by atoms with Crippen LogP contribution in [0, 0.1) is 5.82 Å². The van der Waals surface area contributed by atoms with Crippen LogP contribution >= 0.6 is 11.6 Å². The maximum Gasteiger partial charge on any atom is 0.343 e. The molecule has 0 radical (unpaired) electrons. The second-order valence-electron chi connectivity index (χ2n) is 5.96. The van der Waals surface area contributed by atoms with Crippen LogP contribution in [0.3, 0.4) is 0 Å². The second-order valence-corrected chi connectivity index (χ2v) is 6.39. The van der Waals surface area contributed by atoms with E-state index in [0.717, 1.165) is 5.39 Å². The first-order chi connectivity index (χ1) is 13.1. The summed E-state index contributed by atoms with van der Waals surface area (Å²) in [4.78, 5) is 12.2. The molecule has 0 saturated carbocycles. The topological polar surface area (TPSA) is 52.3 Å². The molecule has 0 spiro atoms. The van der Waals surface area contributed by atoms with E-state index in [2.05, 4.69) is 5.16 Å². The Hall–Kier alpha value is -3.18. The van der Waals surface area contributed by atoms with Gasteiger partial charge in [-0.05, 0) is 42.0 Å². The smallest absolute Gasteiger partial charge is 0.343 e. The van der Waals surface area contributed by atoms with E-state index in [9.17, 15) is 9.18 Å². The average molecular weight is 382 g/mol. The van der Waals surface area contributed by atoms with E-state index in [-0.39, 0.29) is 5.82 Å². The van der Waals surface area contributed by atoms with Crippen LogP contribution in [-0.4, -0.2) is 11.1 Å². The Morgan fingerprint density at radius 3 is 2.74 bits per heavy atom. The number of hydrogen-bond acceptors (Lipinski definition) is 4. The molecule has 0 aliphatic carbocycles. The minimum atomic E-state index is -0.525. The van der Waals surface area contributed by atoms with Gasteiger partial charge in [0.05, 0.1) is 11.3 Å². The van der Waals surface area contributed by atoms with Crippen LogP contribution in [0.4, 0.5) is 4.39 Å². The van der Waals surface area contributed by atoms with Crippen LogP contribution in [0.5, 0.6) is 5.75 Å². The molecule has 0 aliphatic heterocycles. The van der Waals surface area contributed by atoms with Crippen molar-refractivity contribution in [2.45, 2.75) is 6.42 Å². The summed E-state index contributed by atoms with van der Waals surface area (Å²) in [5, 5.41) is 5.21. The van der Waals surface area contributed by atoms with Gasteiger partial charge in [-0.25, -0.2) is 9.18 Å². The number of aromatic nitrogens is 1. The molecular formula is C21H13ClFNO3. The number of hydrogen-bond donors (Lipinski definition) is 0. The fourth-order valence-electron chi connectivity index (χ4n) is 2.76. The van der Waals surface area contributed by atoms with Crippen LogP contribution in [-0.2, 0) is 6.42 Å². The Bertz CT molecular complexity index is 1140. The number of ether oxygens (including phenoxy) is 1. The van der Waals surface area contributed by atoms with Crippen molar-refractivity contribution in [1.82, 2.24) is 5.16 Å². The summed E-state index contributed by atoms with van der Waals surface area (Å²) in [6, 6.07) is 18.0. The zero-order valence-corrected chi connectivity index (χ0v) is 14.7. The quantitative estimate of drug-likeness (QED) is 0.349.